The van der Waals surface area contributed by atoms with Crippen LogP contribution in [-0.2, 0) is 5.88 Å². The third-order valence-corrected chi connectivity index (χ3v) is 2.66. The van der Waals surface area contributed by atoms with Crippen LogP contribution in [0.15, 0.2) is 36.4 Å². The lowest BCUT2D eigenvalue weighted by atomic mass is 10.1. The van der Waals surface area contributed by atoms with E-state index in [1.54, 1.807) is 30.3 Å². The predicted molar refractivity (Wildman–Crippen MR) is 64.2 cm³/mol. The molecule has 0 amide bonds. The van der Waals surface area contributed by atoms with Crippen molar-refractivity contribution in [3.05, 3.63) is 52.9 Å². The van der Waals surface area contributed by atoms with Crippen LogP contribution in [0.3, 0.4) is 0 Å². The van der Waals surface area contributed by atoms with Crippen molar-refractivity contribution in [1.29, 1.82) is 0 Å². The van der Waals surface area contributed by atoms with Crippen LogP contribution in [0.25, 0.3) is 11.3 Å². The summed E-state index contributed by atoms with van der Waals surface area (Å²) in [6.45, 7) is 0. The summed E-state index contributed by atoms with van der Waals surface area (Å²) in [5.74, 6) is 0.00162. The first-order valence-corrected chi connectivity index (χ1v) is 5.59. The molecule has 0 aliphatic heterocycles. The smallest absolute Gasteiger partial charge is 0.132 e. The zero-order valence-corrected chi connectivity index (χ0v) is 9.76. The van der Waals surface area contributed by atoms with Gasteiger partial charge in [-0.1, -0.05) is 23.7 Å². The van der Waals surface area contributed by atoms with Crippen molar-refractivity contribution in [2.45, 2.75) is 5.88 Å². The van der Waals surface area contributed by atoms with Crippen molar-refractivity contribution in [1.82, 2.24) is 4.98 Å². The van der Waals surface area contributed by atoms with E-state index in [4.69, 9.17) is 23.2 Å². The SMILES string of the molecule is Fc1ccccc1-c1cc(CCl)cc(Cl)n1. The third-order valence-electron chi connectivity index (χ3n) is 2.16. The molecule has 4 heteroatoms. The van der Waals surface area contributed by atoms with E-state index in [0.29, 0.717) is 22.3 Å². The van der Waals surface area contributed by atoms with E-state index in [1.807, 2.05) is 0 Å². The van der Waals surface area contributed by atoms with Gasteiger partial charge < -0.3 is 0 Å². The topological polar surface area (TPSA) is 12.9 Å². The quantitative estimate of drug-likeness (QED) is 0.577. The van der Waals surface area contributed by atoms with Crippen LogP contribution in [0.4, 0.5) is 4.39 Å². The molecule has 0 unspecified atom stereocenters. The van der Waals surface area contributed by atoms with Crippen LogP contribution in [0, 0.1) is 5.82 Å². The van der Waals surface area contributed by atoms with Gasteiger partial charge in [0.05, 0.1) is 5.69 Å². The molecule has 0 fully saturated rings. The Morgan fingerprint density at radius 3 is 2.62 bits per heavy atom. The van der Waals surface area contributed by atoms with Gasteiger partial charge in [-0.15, -0.1) is 11.6 Å². The van der Waals surface area contributed by atoms with Crippen LogP contribution in [0.1, 0.15) is 5.56 Å². The Hall–Kier alpha value is -1.12. The van der Waals surface area contributed by atoms with Crippen LogP contribution in [-0.4, -0.2) is 4.98 Å². The highest BCUT2D eigenvalue weighted by molar-refractivity contribution is 6.29. The van der Waals surface area contributed by atoms with Gasteiger partial charge in [-0.2, -0.15) is 0 Å². The van der Waals surface area contributed by atoms with Gasteiger partial charge in [0.1, 0.15) is 11.0 Å². The number of nitrogens with zero attached hydrogens (tertiary/aromatic N) is 1. The zero-order valence-electron chi connectivity index (χ0n) is 8.25. The summed E-state index contributed by atoms with van der Waals surface area (Å²) in [5, 5.41) is 0.316. The molecule has 0 N–H and O–H groups in total. The van der Waals surface area contributed by atoms with E-state index in [1.165, 1.54) is 6.07 Å². The minimum absolute atomic E-state index is 0.316. The Kier molecular flexibility index (Phi) is 3.42. The molecule has 2 aromatic rings. The number of halogens is 3. The molecule has 0 saturated carbocycles. The monoisotopic (exact) mass is 255 g/mol. The molecule has 2 rings (SSSR count). The summed E-state index contributed by atoms with van der Waals surface area (Å²) in [6.07, 6.45) is 0. The molecule has 1 aromatic carbocycles. The van der Waals surface area contributed by atoms with Gasteiger partial charge in [0.2, 0.25) is 0 Å². The first-order chi connectivity index (χ1) is 7.70. The summed E-state index contributed by atoms with van der Waals surface area (Å²) in [4.78, 5) is 4.08. The van der Waals surface area contributed by atoms with Gasteiger partial charge in [0, 0.05) is 11.4 Å². The Morgan fingerprint density at radius 1 is 1.19 bits per heavy atom. The Labute approximate surface area is 103 Å². The molecule has 0 atom stereocenters. The van der Waals surface area contributed by atoms with E-state index in [0.717, 1.165) is 5.56 Å². The van der Waals surface area contributed by atoms with Gasteiger partial charge in [-0.3, -0.25) is 0 Å². The van der Waals surface area contributed by atoms with Crippen LogP contribution in [0.5, 0.6) is 0 Å². The highest BCUT2D eigenvalue weighted by Crippen LogP contribution is 2.24. The normalized spacial score (nSPS) is 10.4. The fourth-order valence-corrected chi connectivity index (χ4v) is 1.82. The summed E-state index contributed by atoms with van der Waals surface area (Å²) in [6, 6.07) is 9.83. The fraction of sp³-hybridized carbons (Fsp3) is 0.0833. The molecular formula is C12H8Cl2FN. The summed E-state index contributed by atoms with van der Waals surface area (Å²) in [7, 11) is 0. The number of pyridine rings is 1. The molecule has 0 aliphatic carbocycles. The second kappa shape index (κ2) is 4.81. The summed E-state index contributed by atoms with van der Waals surface area (Å²) < 4.78 is 13.5. The molecular weight excluding hydrogens is 248 g/mol. The lowest BCUT2D eigenvalue weighted by molar-refractivity contribution is 0.630. The van der Waals surface area contributed by atoms with E-state index >= 15 is 0 Å². The van der Waals surface area contributed by atoms with Crippen LogP contribution >= 0.6 is 23.2 Å². The van der Waals surface area contributed by atoms with Gasteiger partial charge >= 0.3 is 0 Å². The molecule has 0 bridgehead atoms. The average molecular weight is 256 g/mol. The van der Waals surface area contributed by atoms with Crippen LogP contribution < -0.4 is 0 Å². The third kappa shape index (κ3) is 2.34. The molecule has 0 aliphatic rings. The van der Waals surface area contributed by atoms with Gasteiger partial charge in [-0.25, -0.2) is 9.37 Å². The molecule has 0 radical (unpaired) electrons. The average Bonchev–Trinajstić information content (AvgIpc) is 2.28. The molecule has 82 valence electrons. The van der Waals surface area contributed by atoms with Gasteiger partial charge in [-0.05, 0) is 29.8 Å². The minimum Gasteiger partial charge on any atom is -0.236 e. The van der Waals surface area contributed by atoms with E-state index in [9.17, 15) is 4.39 Å². The highest BCUT2D eigenvalue weighted by Gasteiger charge is 2.07. The maximum absolute atomic E-state index is 13.5. The first-order valence-electron chi connectivity index (χ1n) is 4.68. The van der Waals surface area contributed by atoms with Crippen molar-refractivity contribution in [2.24, 2.45) is 0 Å². The highest BCUT2D eigenvalue weighted by atomic mass is 35.5. The second-order valence-corrected chi connectivity index (χ2v) is 3.95. The van der Waals surface area contributed by atoms with E-state index < -0.39 is 0 Å². The second-order valence-electron chi connectivity index (χ2n) is 3.30. The number of aromatic nitrogens is 1. The number of benzene rings is 1. The number of hydrogen-bond donors (Lipinski definition) is 0. The first kappa shape index (κ1) is 11.4. The summed E-state index contributed by atoms with van der Waals surface area (Å²) in [5.41, 5.74) is 1.75. The molecule has 1 aromatic heterocycles. The number of rotatable bonds is 2. The molecule has 1 nitrogen and oxygen atoms in total. The fourth-order valence-electron chi connectivity index (χ4n) is 1.43. The van der Waals surface area contributed by atoms with Crippen molar-refractivity contribution < 1.29 is 4.39 Å². The van der Waals surface area contributed by atoms with Crippen LogP contribution in [0.2, 0.25) is 5.15 Å². The Morgan fingerprint density at radius 2 is 1.94 bits per heavy atom. The minimum atomic E-state index is -0.321. The zero-order chi connectivity index (χ0) is 11.5. The van der Waals surface area contributed by atoms with Crippen molar-refractivity contribution in [3.8, 4) is 11.3 Å². The van der Waals surface area contributed by atoms with Crippen molar-refractivity contribution >= 4 is 23.2 Å². The molecule has 0 spiro atoms. The summed E-state index contributed by atoms with van der Waals surface area (Å²) >= 11 is 11.6. The van der Waals surface area contributed by atoms with Crippen molar-refractivity contribution in [2.75, 3.05) is 0 Å². The van der Waals surface area contributed by atoms with Gasteiger partial charge in [0.25, 0.3) is 0 Å². The molecule has 0 saturated heterocycles. The number of alkyl halides is 1. The van der Waals surface area contributed by atoms with Gasteiger partial charge in [0.15, 0.2) is 0 Å². The molecule has 1 heterocycles. The van der Waals surface area contributed by atoms with E-state index in [-0.39, 0.29) is 5.82 Å². The van der Waals surface area contributed by atoms with E-state index in [2.05, 4.69) is 4.98 Å². The standard InChI is InChI=1S/C12H8Cl2FN/c13-7-8-5-11(16-12(14)6-8)9-3-1-2-4-10(9)15/h1-6H,7H2. The maximum atomic E-state index is 13.5. The lowest BCUT2D eigenvalue weighted by Crippen LogP contribution is -1.90. The largest absolute Gasteiger partial charge is 0.236 e. The molecule has 16 heavy (non-hydrogen) atoms. The number of hydrogen-bond acceptors (Lipinski definition) is 1. The van der Waals surface area contributed by atoms with Crippen molar-refractivity contribution in [3.63, 3.8) is 0 Å². The Balaban J connectivity index is 2.56. The lowest BCUT2D eigenvalue weighted by Gasteiger charge is -2.05. The maximum Gasteiger partial charge on any atom is 0.132 e. The Bertz CT molecular complexity index is 514. The predicted octanol–water partition coefficient (Wildman–Crippen LogP) is 4.28.